The van der Waals surface area contributed by atoms with Crippen molar-refractivity contribution in [2.45, 2.75) is 0 Å². The van der Waals surface area contributed by atoms with Gasteiger partial charge in [0, 0.05) is 19.2 Å². The van der Waals surface area contributed by atoms with Crippen LogP contribution in [0.2, 0.25) is 0 Å². The van der Waals surface area contributed by atoms with E-state index >= 15 is 0 Å². The molecule has 0 amide bonds. The highest BCUT2D eigenvalue weighted by atomic mass is 16.6. The SMILES string of the molecule is CNc1ccc([N+](=O)[O-])cc1NN=C(C#N)C#N. The Morgan fingerprint density at radius 2 is 2.06 bits per heavy atom. The maximum absolute atomic E-state index is 10.6. The third-order valence-electron chi connectivity index (χ3n) is 1.98. The van der Waals surface area contributed by atoms with Crippen molar-refractivity contribution >= 4 is 22.8 Å². The van der Waals surface area contributed by atoms with E-state index in [0.717, 1.165) is 0 Å². The molecule has 0 unspecified atom stereocenters. The van der Waals surface area contributed by atoms with Crippen LogP contribution in [0.5, 0.6) is 0 Å². The molecule has 90 valence electrons. The van der Waals surface area contributed by atoms with E-state index in [2.05, 4.69) is 15.8 Å². The molecule has 1 aromatic carbocycles. The van der Waals surface area contributed by atoms with Crippen LogP contribution < -0.4 is 10.7 Å². The lowest BCUT2D eigenvalue weighted by Crippen LogP contribution is -2.01. The van der Waals surface area contributed by atoms with E-state index in [1.807, 2.05) is 0 Å². The fourth-order valence-corrected chi connectivity index (χ4v) is 1.15. The maximum atomic E-state index is 10.6. The van der Waals surface area contributed by atoms with Gasteiger partial charge in [0.1, 0.15) is 12.1 Å². The van der Waals surface area contributed by atoms with Gasteiger partial charge in [-0.1, -0.05) is 0 Å². The van der Waals surface area contributed by atoms with Gasteiger partial charge >= 0.3 is 0 Å². The predicted octanol–water partition coefficient (Wildman–Crippen LogP) is 1.45. The first-order valence-corrected chi connectivity index (χ1v) is 4.72. The number of anilines is 2. The average Bonchev–Trinajstić information content (AvgIpc) is 2.39. The monoisotopic (exact) mass is 244 g/mol. The largest absolute Gasteiger partial charge is 0.386 e. The van der Waals surface area contributed by atoms with Crippen LogP contribution in [-0.4, -0.2) is 17.7 Å². The van der Waals surface area contributed by atoms with E-state index in [1.165, 1.54) is 18.2 Å². The molecule has 18 heavy (non-hydrogen) atoms. The van der Waals surface area contributed by atoms with Crippen LogP contribution in [0, 0.1) is 32.8 Å². The molecule has 0 saturated carbocycles. The standard InChI is InChI=1S/C10H8N6O2/c1-13-9-3-2-8(16(17)18)4-10(9)15-14-7(5-11)6-12/h2-4,13,15H,1H3. The summed E-state index contributed by atoms with van der Waals surface area (Å²) in [6.45, 7) is 0. The summed E-state index contributed by atoms with van der Waals surface area (Å²) < 4.78 is 0. The fraction of sp³-hybridized carbons (Fsp3) is 0.100. The Morgan fingerprint density at radius 1 is 1.39 bits per heavy atom. The Hall–Kier alpha value is -3.13. The molecule has 0 aliphatic heterocycles. The third kappa shape index (κ3) is 2.93. The molecule has 0 spiro atoms. The Labute approximate surface area is 102 Å². The smallest absolute Gasteiger partial charge is 0.271 e. The zero-order chi connectivity index (χ0) is 13.5. The summed E-state index contributed by atoms with van der Waals surface area (Å²) in [4.78, 5) is 10.1. The van der Waals surface area contributed by atoms with E-state index in [-0.39, 0.29) is 11.4 Å². The molecule has 0 saturated heterocycles. The highest BCUT2D eigenvalue weighted by Gasteiger charge is 2.09. The van der Waals surface area contributed by atoms with Gasteiger partial charge in [-0.25, -0.2) is 0 Å². The van der Waals surface area contributed by atoms with E-state index in [4.69, 9.17) is 10.5 Å². The number of nitro groups is 1. The number of rotatable bonds is 4. The van der Waals surface area contributed by atoms with Crippen molar-refractivity contribution in [1.29, 1.82) is 10.5 Å². The molecule has 0 heterocycles. The predicted molar refractivity (Wildman–Crippen MR) is 64.9 cm³/mol. The van der Waals surface area contributed by atoms with E-state index in [0.29, 0.717) is 11.4 Å². The summed E-state index contributed by atoms with van der Waals surface area (Å²) in [6, 6.07) is 7.21. The summed E-state index contributed by atoms with van der Waals surface area (Å²) in [5, 5.41) is 34.0. The van der Waals surface area contributed by atoms with Crippen molar-refractivity contribution < 1.29 is 4.92 Å². The van der Waals surface area contributed by atoms with Crippen molar-refractivity contribution in [3.8, 4) is 12.1 Å². The molecule has 8 heteroatoms. The molecule has 0 aromatic heterocycles. The van der Waals surface area contributed by atoms with Crippen LogP contribution in [0.15, 0.2) is 23.3 Å². The number of hydrogen-bond donors (Lipinski definition) is 2. The van der Waals surface area contributed by atoms with Crippen LogP contribution in [-0.2, 0) is 0 Å². The molecule has 0 aliphatic rings. The minimum absolute atomic E-state index is 0.123. The van der Waals surface area contributed by atoms with Gasteiger partial charge in [-0.2, -0.15) is 15.6 Å². The molecule has 1 rings (SSSR count). The lowest BCUT2D eigenvalue weighted by molar-refractivity contribution is -0.384. The highest BCUT2D eigenvalue weighted by molar-refractivity contribution is 6.10. The zero-order valence-electron chi connectivity index (χ0n) is 9.34. The van der Waals surface area contributed by atoms with Gasteiger partial charge in [-0.15, -0.1) is 0 Å². The van der Waals surface area contributed by atoms with Gasteiger partial charge in [0.25, 0.3) is 5.69 Å². The zero-order valence-corrected chi connectivity index (χ0v) is 9.34. The van der Waals surface area contributed by atoms with Gasteiger partial charge in [0.2, 0.25) is 5.71 Å². The number of nitrogens with one attached hydrogen (secondary N) is 2. The molecule has 8 nitrogen and oxygen atoms in total. The lowest BCUT2D eigenvalue weighted by Gasteiger charge is -2.07. The van der Waals surface area contributed by atoms with Crippen molar-refractivity contribution in [3.05, 3.63) is 28.3 Å². The van der Waals surface area contributed by atoms with Crippen LogP contribution in [0.25, 0.3) is 0 Å². The number of hydrogen-bond acceptors (Lipinski definition) is 7. The van der Waals surface area contributed by atoms with Gasteiger partial charge in [-0.05, 0) is 6.07 Å². The van der Waals surface area contributed by atoms with Gasteiger partial charge < -0.3 is 5.32 Å². The second-order valence-electron chi connectivity index (χ2n) is 3.03. The molecule has 0 fully saturated rings. The number of nitrogens with zero attached hydrogens (tertiary/aromatic N) is 4. The van der Waals surface area contributed by atoms with Crippen LogP contribution in [0.4, 0.5) is 17.1 Å². The number of non-ortho nitro benzene ring substituents is 1. The maximum Gasteiger partial charge on any atom is 0.271 e. The first-order chi connectivity index (χ1) is 8.62. The normalized spacial score (nSPS) is 8.61. The summed E-state index contributed by atoms with van der Waals surface area (Å²) in [5.41, 5.74) is 2.80. The van der Waals surface area contributed by atoms with Crippen molar-refractivity contribution in [3.63, 3.8) is 0 Å². The third-order valence-corrected chi connectivity index (χ3v) is 1.98. The molecule has 0 radical (unpaired) electrons. The molecule has 0 aliphatic carbocycles. The summed E-state index contributed by atoms with van der Waals surface area (Å²) in [5.74, 6) is 0. The van der Waals surface area contributed by atoms with E-state index < -0.39 is 4.92 Å². The molecular weight excluding hydrogens is 236 g/mol. The van der Waals surface area contributed by atoms with Gasteiger partial charge in [-0.3, -0.25) is 15.5 Å². The Balaban J connectivity index is 3.11. The van der Waals surface area contributed by atoms with Crippen molar-refractivity contribution in [2.24, 2.45) is 5.10 Å². The number of nitro benzene ring substituents is 1. The van der Waals surface area contributed by atoms with Crippen molar-refractivity contribution in [1.82, 2.24) is 0 Å². The fourth-order valence-electron chi connectivity index (χ4n) is 1.15. The van der Waals surface area contributed by atoms with Gasteiger partial charge in [0.05, 0.1) is 16.3 Å². The van der Waals surface area contributed by atoms with Crippen LogP contribution in [0.1, 0.15) is 0 Å². The number of hydrazone groups is 1. The summed E-state index contributed by atoms with van der Waals surface area (Å²) in [6.07, 6.45) is 0. The molecule has 0 atom stereocenters. The summed E-state index contributed by atoms with van der Waals surface area (Å²) >= 11 is 0. The first kappa shape index (κ1) is 12.9. The first-order valence-electron chi connectivity index (χ1n) is 4.72. The Bertz CT molecular complexity index is 565. The van der Waals surface area contributed by atoms with E-state index in [9.17, 15) is 10.1 Å². The number of benzene rings is 1. The average molecular weight is 244 g/mol. The minimum atomic E-state index is -0.552. The summed E-state index contributed by atoms with van der Waals surface area (Å²) in [7, 11) is 1.63. The van der Waals surface area contributed by atoms with E-state index in [1.54, 1.807) is 19.2 Å². The van der Waals surface area contributed by atoms with Gasteiger partial charge in [0.15, 0.2) is 0 Å². The van der Waals surface area contributed by atoms with Crippen molar-refractivity contribution in [2.75, 3.05) is 17.8 Å². The lowest BCUT2D eigenvalue weighted by atomic mass is 10.2. The molecule has 0 bridgehead atoms. The van der Waals surface area contributed by atoms with Crippen LogP contribution in [0.3, 0.4) is 0 Å². The molecular formula is C10H8N6O2. The second kappa shape index (κ2) is 5.82. The molecule has 2 N–H and O–H groups in total. The minimum Gasteiger partial charge on any atom is -0.386 e. The van der Waals surface area contributed by atoms with Crippen LogP contribution >= 0.6 is 0 Å². The number of nitriles is 2. The highest BCUT2D eigenvalue weighted by Crippen LogP contribution is 2.26. The Morgan fingerprint density at radius 3 is 2.56 bits per heavy atom. The quantitative estimate of drug-likeness (QED) is 0.468. The molecule has 1 aromatic rings. The second-order valence-corrected chi connectivity index (χ2v) is 3.03. The Kier molecular flexibility index (Phi) is 4.18. The topological polar surface area (TPSA) is 127 Å².